The molecule has 0 unspecified atom stereocenters. The molecule has 0 aliphatic heterocycles. The van der Waals surface area contributed by atoms with Gasteiger partial charge in [0.05, 0.1) is 16.6 Å². The highest BCUT2D eigenvalue weighted by molar-refractivity contribution is 7.92. The number of thiazole rings is 1. The van der Waals surface area contributed by atoms with Gasteiger partial charge in [-0.25, -0.2) is 18.1 Å². The van der Waals surface area contributed by atoms with Gasteiger partial charge in [0.25, 0.3) is 10.0 Å². The van der Waals surface area contributed by atoms with E-state index < -0.39 is 21.8 Å². The SMILES string of the molecule is Cc1nc(C)c(S(=O)(=O)NC(=O)[C@@H](C)c2ccccc2)s1. The molecule has 1 aromatic carbocycles. The number of amides is 1. The third kappa shape index (κ3) is 3.48. The number of carbonyl (C=O) groups is 1. The minimum absolute atomic E-state index is 0.0913. The van der Waals surface area contributed by atoms with E-state index in [1.807, 2.05) is 18.2 Å². The van der Waals surface area contributed by atoms with Gasteiger partial charge in [0.1, 0.15) is 0 Å². The number of rotatable bonds is 4. The van der Waals surface area contributed by atoms with Crippen LogP contribution >= 0.6 is 11.3 Å². The lowest BCUT2D eigenvalue weighted by molar-refractivity contribution is -0.120. The summed E-state index contributed by atoms with van der Waals surface area (Å²) in [6.45, 7) is 5.01. The van der Waals surface area contributed by atoms with Crippen molar-refractivity contribution < 1.29 is 13.2 Å². The summed E-state index contributed by atoms with van der Waals surface area (Å²) in [4.78, 5) is 16.2. The maximum atomic E-state index is 12.3. The van der Waals surface area contributed by atoms with Crippen LogP contribution in [0.15, 0.2) is 34.5 Å². The molecule has 1 aromatic heterocycles. The molecule has 0 bridgehead atoms. The molecule has 2 rings (SSSR count). The van der Waals surface area contributed by atoms with Crippen LogP contribution in [0.2, 0.25) is 0 Å². The molecule has 1 heterocycles. The second kappa shape index (κ2) is 5.95. The molecule has 112 valence electrons. The Morgan fingerprint density at radius 3 is 2.38 bits per heavy atom. The summed E-state index contributed by atoms with van der Waals surface area (Å²) in [7, 11) is -3.87. The molecule has 0 spiro atoms. The van der Waals surface area contributed by atoms with Crippen LogP contribution in [0.5, 0.6) is 0 Å². The number of nitrogens with one attached hydrogen (secondary N) is 1. The van der Waals surface area contributed by atoms with Crippen LogP contribution < -0.4 is 4.72 Å². The average Bonchev–Trinajstić information content (AvgIpc) is 2.78. The van der Waals surface area contributed by atoms with Crippen LogP contribution in [0, 0.1) is 13.8 Å². The lowest BCUT2D eigenvalue weighted by Crippen LogP contribution is -2.33. The minimum atomic E-state index is -3.87. The number of carbonyl (C=O) groups excluding carboxylic acids is 1. The van der Waals surface area contributed by atoms with E-state index in [0.29, 0.717) is 10.7 Å². The Balaban J connectivity index is 2.21. The van der Waals surface area contributed by atoms with E-state index in [1.54, 1.807) is 32.9 Å². The molecule has 0 aliphatic rings. The highest BCUT2D eigenvalue weighted by atomic mass is 32.2. The molecule has 1 amide bonds. The van der Waals surface area contributed by atoms with Crippen LogP contribution in [0.25, 0.3) is 0 Å². The van der Waals surface area contributed by atoms with E-state index in [1.165, 1.54) is 0 Å². The van der Waals surface area contributed by atoms with Gasteiger partial charge < -0.3 is 0 Å². The zero-order valence-corrected chi connectivity index (χ0v) is 13.6. The third-order valence-corrected chi connectivity index (χ3v) is 6.06. The van der Waals surface area contributed by atoms with Gasteiger partial charge >= 0.3 is 0 Å². The summed E-state index contributed by atoms with van der Waals surface area (Å²) in [6, 6.07) is 9.04. The molecule has 1 N–H and O–H groups in total. The molecular formula is C14H16N2O3S2. The molecule has 7 heteroatoms. The lowest BCUT2D eigenvalue weighted by atomic mass is 10.0. The van der Waals surface area contributed by atoms with Gasteiger partial charge in [-0.15, -0.1) is 11.3 Å². The molecule has 0 saturated heterocycles. The first-order valence-corrected chi connectivity index (χ1v) is 8.67. The van der Waals surface area contributed by atoms with E-state index in [0.717, 1.165) is 16.9 Å². The maximum Gasteiger partial charge on any atom is 0.275 e. The number of aryl methyl sites for hydroxylation is 2. The molecule has 1 atom stereocenters. The molecule has 0 radical (unpaired) electrons. The van der Waals surface area contributed by atoms with E-state index in [9.17, 15) is 13.2 Å². The van der Waals surface area contributed by atoms with E-state index >= 15 is 0 Å². The number of aromatic nitrogens is 1. The lowest BCUT2D eigenvalue weighted by Gasteiger charge is -2.12. The van der Waals surface area contributed by atoms with Crippen molar-refractivity contribution in [3.8, 4) is 0 Å². The monoisotopic (exact) mass is 324 g/mol. The fraction of sp³-hybridized carbons (Fsp3) is 0.286. The Bertz CT molecular complexity index is 752. The Hall–Kier alpha value is -1.73. The Kier molecular flexibility index (Phi) is 4.43. The summed E-state index contributed by atoms with van der Waals surface area (Å²) in [5.41, 5.74) is 1.17. The van der Waals surface area contributed by atoms with Crippen molar-refractivity contribution >= 4 is 27.3 Å². The third-order valence-electron chi connectivity index (χ3n) is 3.03. The standard InChI is InChI=1S/C14H16N2O3S2/c1-9(12-7-5-4-6-8-12)13(17)16-21(18,19)14-10(2)15-11(3)20-14/h4-9H,1-3H3,(H,16,17)/t9-/m0/s1. The van der Waals surface area contributed by atoms with Crippen LogP contribution in [-0.4, -0.2) is 19.3 Å². The first-order chi connectivity index (χ1) is 9.81. The van der Waals surface area contributed by atoms with Gasteiger partial charge in [-0.1, -0.05) is 30.3 Å². The Labute approximate surface area is 128 Å². The molecule has 0 fully saturated rings. The Morgan fingerprint density at radius 1 is 1.24 bits per heavy atom. The molecular weight excluding hydrogens is 308 g/mol. The number of hydrogen-bond acceptors (Lipinski definition) is 5. The van der Waals surface area contributed by atoms with Gasteiger partial charge in [-0.2, -0.15) is 0 Å². The molecule has 2 aromatic rings. The fourth-order valence-corrected chi connectivity index (χ4v) is 4.46. The Morgan fingerprint density at radius 2 is 1.86 bits per heavy atom. The fourth-order valence-electron chi connectivity index (χ4n) is 1.92. The van der Waals surface area contributed by atoms with E-state index in [4.69, 9.17) is 0 Å². The number of sulfonamides is 1. The summed E-state index contributed by atoms with van der Waals surface area (Å²) < 4.78 is 26.7. The van der Waals surface area contributed by atoms with Gasteiger partial charge in [-0.05, 0) is 26.3 Å². The number of nitrogens with zero attached hydrogens (tertiary/aromatic N) is 1. The van der Waals surface area contributed by atoms with Crippen molar-refractivity contribution in [2.45, 2.75) is 30.9 Å². The van der Waals surface area contributed by atoms with Crippen molar-refractivity contribution in [2.24, 2.45) is 0 Å². The van der Waals surface area contributed by atoms with Crippen molar-refractivity contribution in [2.75, 3.05) is 0 Å². The molecule has 0 aliphatic carbocycles. The van der Waals surface area contributed by atoms with Crippen molar-refractivity contribution in [1.29, 1.82) is 0 Å². The zero-order chi connectivity index (χ0) is 15.6. The summed E-state index contributed by atoms with van der Waals surface area (Å²) >= 11 is 1.06. The van der Waals surface area contributed by atoms with Crippen LogP contribution in [0.1, 0.15) is 29.1 Å². The van der Waals surface area contributed by atoms with Crippen molar-refractivity contribution in [1.82, 2.24) is 9.71 Å². The summed E-state index contributed by atoms with van der Waals surface area (Å²) in [5.74, 6) is -1.10. The predicted molar refractivity (Wildman–Crippen MR) is 81.8 cm³/mol. The number of hydrogen-bond donors (Lipinski definition) is 1. The normalized spacial score (nSPS) is 12.9. The molecule has 5 nitrogen and oxygen atoms in total. The summed E-state index contributed by atoms with van der Waals surface area (Å²) in [6.07, 6.45) is 0. The van der Waals surface area contributed by atoms with E-state index in [-0.39, 0.29) is 4.21 Å². The van der Waals surface area contributed by atoms with Crippen molar-refractivity contribution in [3.05, 3.63) is 46.6 Å². The number of benzene rings is 1. The summed E-state index contributed by atoms with van der Waals surface area (Å²) in [5, 5.41) is 0.649. The zero-order valence-electron chi connectivity index (χ0n) is 12.0. The van der Waals surface area contributed by atoms with Crippen molar-refractivity contribution in [3.63, 3.8) is 0 Å². The highest BCUT2D eigenvalue weighted by Crippen LogP contribution is 2.23. The minimum Gasteiger partial charge on any atom is -0.273 e. The molecule has 21 heavy (non-hydrogen) atoms. The molecule has 0 saturated carbocycles. The van der Waals surface area contributed by atoms with Gasteiger partial charge in [0, 0.05) is 0 Å². The smallest absolute Gasteiger partial charge is 0.273 e. The highest BCUT2D eigenvalue weighted by Gasteiger charge is 2.26. The maximum absolute atomic E-state index is 12.3. The second-order valence-corrected chi connectivity index (χ2v) is 7.79. The average molecular weight is 324 g/mol. The van der Waals surface area contributed by atoms with Gasteiger partial charge in [-0.3, -0.25) is 4.79 Å². The second-order valence-electron chi connectivity index (χ2n) is 4.71. The van der Waals surface area contributed by atoms with Gasteiger partial charge in [0.2, 0.25) is 5.91 Å². The largest absolute Gasteiger partial charge is 0.275 e. The van der Waals surface area contributed by atoms with Crippen LogP contribution in [0.4, 0.5) is 0 Å². The van der Waals surface area contributed by atoms with E-state index in [2.05, 4.69) is 9.71 Å². The van der Waals surface area contributed by atoms with Crippen LogP contribution in [-0.2, 0) is 14.8 Å². The first-order valence-electron chi connectivity index (χ1n) is 6.37. The topological polar surface area (TPSA) is 76.1 Å². The van der Waals surface area contributed by atoms with Crippen LogP contribution in [0.3, 0.4) is 0 Å². The first kappa shape index (κ1) is 15.7. The van der Waals surface area contributed by atoms with Gasteiger partial charge in [0.15, 0.2) is 4.21 Å². The predicted octanol–water partition coefficient (Wildman–Crippen LogP) is 2.37. The quantitative estimate of drug-likeness (QED) is 0.937.